The first-order valence-corrected chi connectivity index (χ1v) is 30.0. The minimum Gasteiger partial charge on any atom is -0.493 e. The van der Waals surface area contributed by atoms with Gasteiger partial charge >= 0.3 is 0 Å². The van der Waals surface area contributed by atoms with Crippen LogP contribution in [0.15, 0.2) is 133 Å². The van der Waals surface area contributed by atoms with Gasteiger partial charge in [-0.05, 0) is 187 Å². The predicted octanol–water partition coefficient (Wildman–Crippen LogP) is 21.6. The molecule has 8 aromatic carbocycles. The van der Waals surface area contributed by atoms with Crippen LogP contribution >= 0.6 is 0 Å². The molecule has 0 aromatic heterocycles. The van der Waals surface area contributed by atoms with Gasteiger partial charge < -0.3 is 18.9 Å². The summed E-state index contributed by atoms with van der Waals surface area (Å²) in [7, 11) is 0. The third-order valence-electron chi connectivity index (χ3n) is 16.7. The molecule has 4 nitrogen and oxygen atoms in total. The van der Waals surface area contributed by atoms with Crippen LogP contribution in [-0.4, -0.2) is 26.4 Å². The zero-order chi connectivity index (χ0) is 53.2. The van der Waals surface area contributed by atoms with E-state index in [0.717, 1.165) is 75.1 Å². The number of ether oxygens (including phenoxy) is 4. The number of unbranched alkanes of at least 4 members (excludes halogenated alkanes) is 4. The third-order valence-corrected chi connectivity index (χ3v) is 16.7. The Bertz CT molecular complexity index is 2570. The van der Waals surface area contributed by atoms with Gasteiger partial charge in [0.2, 0.25) is 0 Å². The van der Waals surface area contributed by atoms with E-state index in [-0.39, 0.29) is 0 Å². The van der Waals surface area contributed by atoms with Gasteiger partial charge in [-0.1, -0.05) is 205 Å². The Hall–Kier alpha value is -6.00. The minimum atomic E-state index is 0.570. The molecule has 0 saturated heterocycles. The van der Waals surface area contributed by atoms with Crippen LogP contribution in [0.4, 0.5) is 0 Å². The molecule has 0 bridgehead atoms. The lowest BCUT2D eigenvalue weighted by Crippen LogP contribution is -2.11. The van der Waals surface area contributed by atoms with Crippen molar-refractivity contribution in [3.8, 4) is 67.5 Å². The third kappa shape index (κ3) is 13.9. The Balaban J connectivity index is 1.27. The van der Waals surface area contributed by atoms with E-state index in [9.17, 15) is 0 Å². The van der Waals surface area contributed by atoms with Crippen molar-refractivity contribution < 1.29 is 18.9 Å². The average molecular weight is 1020 g/mol. The Labute approximate surface area is 458 Å². The number of hydrogen-bond acceptors (Lipinski definition) is 4. The van der Waals surface area contributed by atoms with Crippen LogP contribution in [0.25, 0.3) is 76.8 Å². The van der Waals surface area contributed by atoms with Gasteiger partial charge in [0.15, 0.2) is 0 Å². The van der Waals surface area contributed by atoms with E-state index >= 15 is 0 Å². The first-order valence-electron chi connectivity index (χ1n) is 30.0. The summed E-state index contributed by atoms with van der Waals surface area (Å²) in [5.41, 5.74) is 9.55. The Morgan fingerprint density at radius 1 is 0.276 bits per heavy atom. The van der Waals surface area contributed by atoms with Crippen LogP contribution in [0, 0.1) is 23.7 Å². The van der Waals surface area contributed by atoms with Crippen LogP contribution in [0.5, 0.6) is 23.0 Å². The van der Waals surface area contributed by atoms with E-state index < -0.39 is 0 Å². The van der Waals surface area contributed by atoms with E-state index in [2.05, 4.69) is 189 Å². The lowest BCUT2D eigenvalue weighted by Gasteiger charge is -2.22. The SMILES string of the molecule is CCCC[C@H](CC)COc1ccc(-c2cc(-c3ccc(OC[C@@H](CC)CCCC)cc3)c3ccc4c(-c5ccc(OC[C@@H](CC)CCCC)cc5)cc(-c5ccc(OC[C@@H](CC)CCCC)cc5)c5ccc2c3c54)cc1. The zero-order valence-corrected chi connectivity index (χ0v) is 47.8. The minimum absolute atomic E-state index is 0.570. The molecule has 0 spiro atoms. The maximum atomic E-state index is 6.48. The van der Waals surface area contributed by atoms with Gasteiger partial charge in [-0.3, -0.25) is 0 Å². The predicted molar refractivity (Wildman–Crippen MR) is 327 cm³/mol. The fraction of sp³-hybridized carbons (Fsp3) is 0.444. The highest BCUT2D eigenvalue weighted by Gasteiger charge is 2.22. The molecule has 0 heterocycles. The Kier molecular flexibility index (Phi) is 21.0. The van der Waals surface area contributed by atoms with E-state index in [0.29, 0.717) is 23.7 Å². The van der Waals surface area contributed by atoms with E-state index in [4.69, 9.17) is 18.9 Å². The number of benzene rings is 8. The fourth-order valence-corrected chi connectivity index (χ4v) is 11.3. The van der Waals surface area contributed by atoms with Crippen LogP contribution in [0.3, 0.4) is 0 Å². The highest BCUT2D eigenvalue weighted by Crippen LogP contribution is 2.49. The fourth-order valence-electron chi connectivity index (χ4n) is 11.3. The molecule has 402 valence electrons. The van der Waals surface area contributed by atoms with E-state index in [1.807, 2.05) is 0 Å². The molecule has 0 amide bonds. The normalized spacial score (nSPS) is 13.3. The molecule has 4 heteroatoms. The van der Waals surface area contributed by atoms with Crippen molar-refractivity contribution in [2.24, 2.45) is 23.7 Å². The second-order valence-electron chi connectivity index (χ2n) is 22.0. The van der Waals surface area contributed by atoms with Crippen molar-refractivity contribution in [1.82, 2.24) is 0 Å². The largest absolute Gasteiger partial charge is 0.493 e. The van der Waals surface area contributed by atoms with Gasteiger partial charge in [0, 0.05) is 0 Å². The molecule has 0 aliphatic rings. The molecular formula is C72H90O4. The molecule has 4 atom stereocenters. The van der Waals surface area contributed by atoms with Gasteiger partial charge in [0.25, 0.3) is 0 Å². The highest BCUT2D eigenvalue weighted by atomic mass is 16.5. The molecule has 8 aromatic rings. The Morgan fingerprint density at radius 3 is 0.671 bits per heavy atom. The molecule has 0 unspecified atom stereocenters. The molecule has 0 fully saturated rings. The lowest BCUT2D eigenvalue weighted by molar-refractivity contribution is 0.233. The summed E-state index contributed by atoms with van der Waals surface area (Å²) < 4.78 is 25.9. The van der Waals surface area contributed by atoms with Crippen LogP contribution in [0.1, 0.15) is 158 Å². The topological polar surface area (TPSA) is 36.9 Å². The van der Waals surface area contributed by atoms with Crippen molar-refractivity contribution in [3.05, 3.63) is 133 Å². The summed E-state index contributed by atoms with van der Waals surface area (Å²) in [6, 6.07) is 49.9. The summed E-state index contributed by atoms with van der Waals surface area (Å²) in [5, 5.41) is 7.53. The Morgan fingerprint density at radius 2 is 0.487 bits per heavy atom. The standard InChI is InChI=1S/C72H90O4/c1-9-17-21-51(13-5)47-73-59-33-25-55(26-34-59)67-45-68(56-27-35-60(36-28-56)74-48-52(14-6)22-18-10-2)64-43-44-66-70(58-31-39-62(40-32-58)76-50-54(16-8)24-20-12-4)46-69(65-42-41-63(67)71(64)72(65)66)57-29-37-61(38-30-57)75-49-53(15-7)23-19-11-3/h25-46,51-54H,9-24,47-50H2,1-8H3/t51-,52-,53-,54-/m0/s1. The second kappa shape index (κ2) is 28.4. The molecule has 8 rings (SSSR count). The summed E-state index contributed by atoms with van der Waals surface area (Å²) in [6.45, 7) is 21.2. The highest BCUT2D eigenvalue weighted by molar-refractivity contribution is 6.32. The maximum Gasteiger partial charge on any atom is 0.119 e. The van der Waals surface area contributed by atoms with Gasteiger partial charge in [0.1, 0.15) is 23.0 Å². The van der Waals surface area contributed by atoms with E-state index in [1.54, 1.807) is 0 Å². The van der Waals surface area contributed by atoms with Gasteiger partial charge in [-0.2, -0.15) is 0 Å². The van der Waals surface area contributed by atoms with E-state index in [1.165, 1.54) is 154 Å². The lowest BCUT2D eigenvalue weighted by atomic mass is 9.82. The van der Waals surface area contributed by atoms with Gasteiger partial charge in [0.05, 0.1) is 26.4 Å². The molecule has 0 N–H and O–H groups in total. The summed E-state index contributed by atoms with van der Waals surface area (Å²) in [5.74, 6) is 5.99. The first-order chi connectivity index (χ1) is 37.3. The molecule has 0 aliphatic heterocycles. The van der Waals surface area contributed by atoms with Crippen LogP contribution < -0.4 is 18.9 Å². The van der Waals surface area contributed by atoms with Gasteiger partial charge in [-0.25, -0.2) is 0 Å². The zero-order valence-electron chi connectivity index (χ0n) is 47.8. The second-order valence-corrected chi connectivity index (χ2v) is 22.0. The van der Waals surface area contributed by atoms with Crippen molar-refractivity contribution in [3.63, 3.8) is 0 Å². The molecular weight excluding hydrogens is 929 g/mol. The van der Waals surface area contributed by atoms with Crippen molar-refractivity contribution in [1.29, 1.82) is 0 Å². The molecule has 0 radical (unpaired) electrons. The smallest absolute Gasteiger partial charge is 0.119 e. The quantitative estimate of drug-likeness (QED) is 0.0394. The summed E-state index contributed by atoms with van der Waals surface area (Å²) in [4.78, 5) is 0. The summed E-state index contributed by atoms with van der Waals surface area (Å²) in [6.07, 6.45) is 19.2. The first kappa shape index (κ1) is 56.2. The maximum absolute atomic E-state index is 6.48. The van der Waals surface area contributed by atoms with Crippen LogP contribution in [0.2, 0.25) is 0 Å². The molecule has 0 saturated carbocycles. The van der Waals surface area contributed by atoms with Crippen LogP contribution in [-0.2, 0) is 0 Å². The van der Waals surface area contributed by atoms with Gasteiger partial charge in [-0.15, -0.1) is 0 Å². The summed E-state index contributed by atoms with van der Waals surface area (Å²) >= 11 is 0. The van der Waals surface area contributed by atoms with Crippen molar-refractivity contribution >= 4 is 32.3 Å². The molecule has 0 aliphatic carbocycles. The van der Waals surface area contributed by atoms with Crippen molar-refractivity contribution in [2.75, 3.05) is 26.4 Å². The number of rotatable bonds is 32. The molecule has 76 heavy (non-hydrogen) atoms. The number of hydrogen-bond donors (Lipinski definition) is 0. The van der Waals surface area contributed by atoms with Crippen molar-refractivity contribution in [2.45, 2.75) is 158 Å². The monoisotopic (exact) mass is 1020 g/mol. The average Bonchev–Trinajstić information content (AvgIpc) is 3.53.